The lowest BCUT2D eigenvalue weighted by Crippen LogP contribution is -2.46. The summed E-state index contributed by atoms with van der Waals surface area (Å²) < 4.78 is 12.1. The van der Waals surface area contributed by atoms with E-state index >= 15 is 0 Å². The molecule has 2 saturated heterocycles. The summed E-state index contributed by atoms with van der Waals surface area (Å²) in [7, 11) is 1.65. The van der Waals surface area contributed by atoms with Crippen LogP contribution in [0.3, 0.4) is 0 Å². The third-order valence-corrected chi connectivity index (χ3v) is 5.17. The summed E-state index contributed by atoms with van der Waals surface area (Å²) in [5, 5.41) is 0. The van der Waals surface area contributed by atoms with Crippen molar-refractivity contribution in [3.8, 4) is 0 Å². The third kappa shape index (κ3) is 2.37. The van der Waals surface area contributed by atoms with Crippen LogP contribution < -0.4 is 5.76 Å². The molecule has 6 heteroatoms. The molecule has 2 aliphatic heterocycles. The average Bonchev–Trinajstić information content (AvgIpc) is 3.12. The number of aryl methyl sites for hydroxylation is 1. The molecule has 6 nitrogen and oxygen atoms in total. The van der Waals surface area contributed by atoms with E-state index in [0.717, 1.165) is 45.6 Å². The minimum Gasteiger partial charge on any atom is -0.408 e. The molecule has 0 N–H and O–H groups in total. The molecule has 0 aliphatic carbocycles. The van der Waals surface area contributed by atoms with E-state index in [9.17, 15) is 9.59 Å². The molecular weight excluding hydrogens is 296 g/mol. The minimum absolute atomic E-state index is 0.0199. The van der Waals surface area contributed by atoms with Gasteiger partial charge in [0.15, 0.2) is 5.58 Å². The Bertz CT molecular complexity index is 814. The van der Waals surface area contributed by atoms with Crippen molar-refractivity contribution in [1.82, 2.24) is 9.47 Å². The van der Waals surface area contributed by atoms with E-state index in [2.05, 4.69) is 0 Å². The van der Waals surface area contributed by atoms with Gasteiger partial charge in [0.1, 0.15) is 0 Å². The highest BCUT2D eigenvalue weighted by atomic mass is 16.5. The summed E-state index contributed by atoms with van der Waals surface area (Å²) >= 11 is 0. The molecule has 1 aromatic heterocycles. The van der Waals surface area contributed by atoms with E-state index < -0.39 is 5.76 Å². The fraction of sp³-hybridized carbons (Fsp3) is 0.529. The van der Waals surface area contributed by atoms with Gasteiger partial charge >= 0.3 is 5.76 Å². The van der Waals surface area contributed by atoms with Crippen molar-refractivity contribution in [2.24, 2.45) is 12.5 Å². The molecule has 3 heterocycles. The molecule has 0 saturated carbocycles. The molecule has 1 amide bonds. The van der Waals surface area contributed by atoms with Gasteiger partial charge in [-0.1, -0.05) is 0 Å². The van der Waals surface area contributed by atoms with Crippen molar-refractivity contribution in [1.29, 1.82) is 0 Å². The Morgan fingerprint density at radius 1 is 1.30 bits per heavy atom. The van der Waals surface area contributed by atoms with Crippen molar-refractivity contribution in [3.05, 3.63) is 34.3 Å². The fourth-order valence-corrected chi connectivity index (χ4v) is 3.79. The summed E-state index contributed by atoms with van der Waals surface area (Å²) in [6.07, 6.45) is 3.18. The number of piperidine rings is 1. The number of hydrogen-bond acceptors (Lipinski definition) is 4. The van der Waals surface area contributed by atoms with Gasteiger partial charge in [-0.15, -0.1) is 0 Å². The van der Waals surface area contributed by atoms with Crippen molar-refractivity contribution in [3.63, 3.8) is 0 Å². The second-order valence-corrected chi connectivity index (χ2v) is 6.74. The summed E-state index contributed by atoms with van der Waals surface area (Å²) in [5.41, 5.74) is 1.90. The molecule has 0 radical (unpaired) electrons. The highest BCUT2D eigenvalue weighted by Crippen LogP contribution is 2.38. The van der Waals surface area contributed by atoms with Crippen LogP contribution in [0.4, 0.5) is 0 Å². The Morgan fingerprint density at radius 2 is 2.17 bits per heavy atom. The molecule has 1 unspecified atom stereocenters. The van der Waals surface area contributed by atoms with Crippen LogP contribution in [-0.4, -0.2) is 41.7 Å². The van der Waals surface area contributed by atoms with Crippen LogP contribution in [0.2, 0.25) is 0 Å². The first-order chi connectivity index (χ1) is 11.1. The number of oxazole rings is 1. The lowest BCUT2D eigenvalue weighted by atomic mass is 9.79. The van der Waals surface area contributed by atoms with Crippen LogP contribution in [0.1, 0.15) is 29.6 Å². The first kappa shape index (κ1) is 14.5. The molecular formula is C17H20N2O4. The number of hydrogen-bond donors (Lipinski definition) is 0. The zero-order valence-corrected chi connectivity index (χ0v) is 13.2. The number of nitrogens with zero attached hydrogens (tertiary/aromatic N) is 2. The first-order valence-corrected chi connectivity index (χ1v) is 8.05. The Kier molecular flexibility index (Phi) is 3.30. The molecule has 1 spiro atoms. The zero-order valence-electron chi connectivity index (χ0n) is 13.2. The Morgan fingerprint density at radius 3 is 2.96 bits per heavy atom. The van der Waals surface area contributed by atoms with Gasteiger partial charge in [-0.25, -0.2) is 4.79 Å². The van der Waals surface area contributed by atoms with E-state index in [1.54, 1.807) is 25.2 Å². The fourth-order valence-electron chi connectivity index (χ4n) is 3.79. The maximum atomic E-state index is 12.9. The standard InChI is InChI=1S/C17H20N2O4/c1-18-13-9-12(3-4-14(13)23-16(18)21)15(20)19-7-2-5-17(10-19)6-8-22-11-17/h3-4,9H,2,5-8,10-11H2,1H3. The van der Waals surface area contributed by atoms with Crippen LogP contribution in [0.15, 0.2) is 27.4 Å². The highest BCUT2D eigenvalue weighted by molar-refractivity contribution is 5.97. The molecule has 1 atom stereocenters. The van der Waals surface area contributed by atoms with Gasteiger partial charge in [0.25, 0.3) is 5.91 Å². The molecule has 2 aromatic rings. The minimum atomic E-state index is -0.412. The Balaban J connectivity index is 1.63. The van der Waals surface area contributed by atoms with Crippen molar-refractivity contribution in [2.75, 3.05) is 26.3 Å². The van der Waals surface area contributed by atoms with Gasteiger partial charge in [-0.3, -0.25) is 9.36 Å². The molecule has 0 bridgehead atoms. The number of benzene rings is 1. The van der Waals surface area contributed by atoms with Gasteiger partial charge in [-0.05, 0) is 37.5 Å². The molecule has 2 aliphatic rings. The van der Waals surface area contributed by atoms with E-state index in [0.29, 0.717) is 16.7 Å². The number of carbonyl (C=O) groups is 1. The van der Waals surface area contributed by atoms with Crippen molar-refractivity contribution < 1.29 is 13.9 Å². The van der Waals surface area contributed by atoms with Crippen LogP contribution in [-0.2, 0) is 11.8 Å². The summed E-state index contributed by atoms with van der Waals surface area (Å²) in [5.74, 6) is -0.392. The Labute approximate surface area is 133 Å². The number of amides is 1. The van der Waals surface area contributed by atoms with E-state index in [1.807, 2.05) is 4.90 Å². The van der Waals surface area contributed by atoms with Gasteiger partial charge in [0.2, 0.25) is 0 Å². The van der Waals surface area contributed by atoms with E-state index in [4.69, 9.17) is 9.15 Å². The largest absolute Gasteiger partial charge is 0.419 e. The smallest absolute Gasteiger partial charge is 0.408 e. The van der Waals surface area contributed by atoms with Crippen LogP contribution in [0.25, 0.3) is 11.1 Å². The summed E-state index contributed by atoms with van der Waals surface area (Å²) in [6, 6.07) is 5.18. The first-order valence-electron chi connectivity index (χ1n) is 8.05. The Hall–Kier alpha value is -2.08. The van der Waals surface area contributed by atoms with E-state index in [-0.39, 0.29) is 11.3 Å². The second kappa shape index (κ2) is 5.23. The molecule has 2 fully saturated rings. The molecule has 23 heavy (non-hydrogen) atoms. The number of aromatic nitrogens is 1. The van der Waals surface area contributed by atoms with Crippen molar-refractivity contribution in [2.45, 2.75) is 19.3 Å². The van der Waals surface area contributed by atoms with Gasteiger partial charge in [0.05, 0.1) is 12.1 Å². The SMILES string of the molecule is Cn1c(=O)oc2ccc(C(=O)N3CCCC4(CCOC4)C3)cc21. The van der Waals surface area contributed by atoms with Crippen LogP contribution in [0.5, 0.6) is 0 Å². The monoisotopic (exact) mass is 316 g/mol. The predicted molar refractivity (Wildman–Crippen MR) is 84.5 cm³/mol. The van der Waals surface area contributed by atoms with Crippen LogP contribution in [0, 0.1) is 5.41 Å². The third-order valence-electron chi connectivity index (χ3n) is 5.17. The highest BCUT2D eigenvalue weighted by Gasteiger charge is 2.40. The molecule has 4 rings (SSSR count). The maximum Gasteiger partial charge on any atom is 0.419 e. The summed E-state index contributed by atoms with van der Waals surface area (Å²) in [4.78, 5) is 26.4. The maximum absolute atomic E-state index is 12.9. The topological polar surface area (TPSA) is 64.7 Å². The zero-order chi connectivity index (χ0) is 16.0. The average molecular weight is 316 g/mol. The van der Waals surface area contributed by atoms with Crippen molar-refractivity contribution >= 4 is 17.0 Å². The lowest BCUT2D eigenvalue weighted by molar-refractivity contribution is 0.0463. The molecule has 1 aromatic carbocycles. The predicted octanol–water partition coefficient (Wildman–Crippen LogP) is 1.77. The number of likely N-dealkylation sites (tertiary alicyclic amines) is 1. The summed E-state index contributed by atoms with van der Waals surface area (Å²) in [6.45, 7) is 3.09. The number of ether oxygens (including phenoxy) is 1. The number of carbonyl (C=O) groups excluding carboxylic acids is 1. The quantitative estimate of drug-likeness (QED) is 0.804. The van der Waals surface area contributed by atoms with Crippen LogP contribution >= 0.6 is 0 Å². The van der Waals surface area contributed by atoms with Gasteiger partial charge in [-0.2, -0.15) is 0 Å². The van der Waals surface area contributed by atoms with E-state index in [1.165, 1.54) is 4.57 Å². The second-order valence-electron chi connectivity index (χ2n) is 6.74. The lowest BCUT2D eigenvalue weighted by Gasteiger charge is -2.39. The van der Waals surface area contributed by atoms with Gasteiger partial charge in [0, 0.05) is 37.7 Å². The molecule has 122 valence electrons. The van der Waals surface area contributed by atoms with Gasteiger partial charge < -0.3 is 14.1 Å². The normalized spacial score (nSPS) is 24.7. The number of fused-ring (bicyclic) bond motifs is 1. The number of rotatable bonds is 1.